The summed E-state index contributed by atoms with van der Waals surface area (Å²) in [7, 11) is 0. The molecule has 2 aromatic rings. The van der Waals surface area contributed by atoms with E-state index in [9.17, 15) is 13.6 Å². The average molecular weight is 320 g/mol. The van der Waals surface area contributed by atoms with Gasteiger partial charge in [-0.2, -0.15) is 0 Å². The molecule has 1 atom stereocenters. The molecule has 0 fully saturated rings. The quantitative estimate of drug-likeness (QED) is 0.946. The molecule has 1 amide bonds. The van der Waals surface area contributed by atoms with Gasteiger partial charge in [-0.3, -0.25) is 4.79 Å². The Morgan fingerprint density at radius 2 is 2.09 bits per heavy atom. The molecule has 2 heterocycles. The zero-order valence-electron chi connectivity index (χ0n) is 12.9. The number of aromatic nitrogens is 3. The largest absolute Gasteiger partial charge is 0.342 e. The number of carbonyl (C=O) groups is 1. The van der Waals surface area contributed by atoms with Crippen molar-refractivity contribution in [2.45, 2.75) is 45.2 Å². The smallest absolute Gasteiger partial charge is 0.254 e. The standard InChI is InChI=1S/C16H18F2N4O/c1-10(15-21-20-14-5-3-2-4-8-22(14)15)19-16(23)12-7-6-11(17)9-13(12)18/h6-7,9-10H,2-5,8H2,1H3,(H,19,23)/t10-/m1/s1. The van der Waals surface area contributed by atoms with Crippen LogP contribution < -0.4 is 5.32 Å². The Balaban J connectivity index is 1.78. The number of rotatable bonds is 3. The first-order valence-corrected chi connectivity index (χ1v) is 7.74. The predicted molar refractivity (Wildman–Crippen MR) is 79.8 cm³/mol. The van der Waals surface area contributed by atoms with Crippen molar-refractivity contribution in [2.75, 3.05) is 0 Å². The third kappa shape index (κ3) is 3.23. The van der Waals surface area contributed by atoms with E-state index in [1.807, 2.05) is 4.57 Å². The minimum Gasteiger partial charge on any atom is -0.342 e. The lowest BCUT2D eigenvalue weighted by Gasteiger charge is -2.15. The third-order valence-electron chi connectivity index (χ3n) is 4.05. The Labute approximate surface area is 132 Å². The van der Waals surface area contributed by atoms with E-state index in [1.165, 1.54) is 0 Å². The number of amides is 1. The molecule has 5 nitrogen and oxygen atoms in total. The molecule has 0 unspecified atom stereocenters. The third-order valence-corrected chi connectivity index (χ3v) is 4.05. The number of carbonyl (C=O) groups excluding carboxylic acids is 1. The van der Waals surface area contributed by atoms with Crippen molar-refractivity contribution in [1.82, 2.24) is 20.1 Å². The molecular formula is C16H18F2N4O. The molecule has 1 aromatic heterocycles. The zero-order chi connectivity index (χ0) is 16.4. The van der Waals surface area contributed by atoms with Crippen LogP contribution in [-0.2, 0) is 13.0 Å². The van der Waals surface area contributed by atoms with E-state index in [0.29, 0.717) is 11.9 Å². The highest BCUT2D eigenvalue weighted by atomic mass is 19.1. The highest BCUT2D eigenvalue weighted by Gasteiger charge is 2.22. The maximum Gasteiger partial charge on any atom is 0.254 e. The number of hydrogen-bond donors (Lipinski definition) is 1. The molecule has 0 aliphatic carbocycles. The van der Waals surface area contributed by atoms with Crippen LogP contribution in [0.4, 0.5) is 8.78 Å². The van der Waals surface area contributed by atoms with Gasteiger partial charge in [0.05, 0.1) is 11.6 Å². The molecule has 23 heavy (non-hydrogen) atoms. The monoisotopic (exact) mass is 320 g/mol. The molecule has 7 heteroatoms. The SMILES string of the molecule is C[C@@H](NC(=O)c1ccc(F)cc1F)c1nnc2n1CCCCC2. The summed E-state index contributed by atoms with van der Waals surface area (Å²) in [6.45, 7) is 2.60. The fourth-order valence-electron chi connectivity index (χ4n) is 2.84. The van der Waals surface area contributed by atoms with Crippen LogP contribution >= 0.6 is 0 Å². The molecule has 1 aliphatic rings. The molecule has 3 rings (SSSR count). The maximum absolute atomic E-state index is 13.7. The summed E-state index contributed by atoms with van der Waals surface area (Å²) in [5.41, 5.74) is -0.186. The van der Waals surface area contributed by atoms with Crippen molar-refractivity contribution < 1.29 is 13.6 Å². The fourth-order valence-corrected chi connectivity index (χ4v) is 2.84. The van der Waals surface area contributed by atoms with Crippen molar-refractivity contribution in [3.63, 3.8) is 0 Å². The van der Waals surface area contributed by atoms with E-state index in [-0.39, 0.29) is 5.56 Å². The highest BCUT2D eigenvalue weighted by molar-refractivity contribution is 5.94. The number of benzene rings is 1. The number of halogens is 2. The highest BCUT2D eigenvalue weighted by Crippen LogP contribution is 2.19. The number of nitrogens with one attached hydrogen (secondary N) is 1. The van der Waals surface area contributed by atoms with Crippen LogP contribution in [0.5, 0.6) is 0 Å². The predicted octanol–water partition coefficient (Wildman–Crippen LogP) is 2.77. The Morgan fingerprint density at radius 1 is 1.26 bits per heavy atom. The van der Waals surface area contributed by atoms with Gasteiger partial charge >= 0.3 is 0 Å². The van der Waals surface area contributed by atoms with E-state index in [2.05, 4.69) is 15.5 Å². The molecule has 0 spiro atoms. The van der Waals surface area contributed by atoms with Crippen LogP contribution in [0.25, 0.3) is 0 Å². The van der Waals surface area contributed by atoms with Gasteiger partial charge in [-0.05, 0) is 31.9 Å². The second-order valence-corrected chi connectivity index (χ2v) is 5.76. The molecular weight excluding hydrogens is 302 g/mol. The second kappa shape index (κ2) is 6.44. The lowest BCUT2D eigenvalue weighted by atomic mass is 10.1. The van der Waals surface area contributed by atoms with Crippen LogP contribution in [0.2, 0.25) is 0 Å². The Hall–Kier alpha value is -2.31. The van der Waals surface area contributed by atoms with Gasteiger partial charge in [-0.1, -0.05) is 6.42 Å². The van der Waals surface area contributed by atoms with Crippen LogP contribution in [0.15, 0.2) is 18.2 Å². The molecule has 0 saturated heterocycles. The van der Waals surface area contributed by atoms with E-state index < -0.39 is 23.6 Å². The Bertz CT molecular complexity index is 729. The maximum atomic E-state index is 13.7. The normalized spacial score (nSPS) is 15.6. The first kappa shape index (κ1) is 15.6. The minimum absolute atomic E-state index is 0.186. The van der Waals surface area contributed by atoms with E-state index in [0.717, 1.165) is 50.2 Å². The average Bonchev–Trinajstić information content (AvgIpc) is 2.76. The second-order valence-electron chi connectivity index (χ2n) is 5.76. The molecule has 1 aromatic carbocycles. The lowest BCUT2D eigenvalue weighted by molar-refractivity contribution is 0.0933. The van der Waals surface area contributed by atoms with Crippen LogP contribution in [0.1, 0.15) is 54.2 Å². The van der Waals surface area contributed by atoms with Crippen molar-refractivity contribution >= 4 is 5.91 Å². The Kier molecular flexibility index (Phi) is 4.36. The summed E-state index contributed by atoms with van der Waals surface area (Å²) < 4.78 is 28.6. The topological polar surface area (TPSA) is 59.8 Å². The van der Waals surface area contributed by atoms with Gasteiger partial charge in [0.1, 0.15) is 17.5 Å². The summed E-state index contributed by atoms with van der Waals surface area (Å²) in [6, 6.07) is 2.48. The molecule has 1 aliphatic heterocycles. The summed E-state index contributed by atoms with van der Waals surface area (Å²) in [5.74, 6) is -0.602. The fraction of sp³-hybridized carbons (Fsp3) is 0.438. The number of aryl methyl sites for hydroxylation is 1. The van der Waals surface area contributed by atoms with Gasteiger partial charge in [0, 0.05) is 19.0 Å². The molecule has 1 N–H and O–H groups in total. The number of nitrogens with zero attached hydrogens (tertiary/aromatic N) is 3. The van der Waals surface area contributed by atoms with Crippen molar-refractivity contribution in [3.05, 3.63) is 47.0 Å². The first-order valence-electron chi connectivity index (χ1n) is 7.74. The van der Waals surface area contributed by atoms with Gasteiger partial charge in [-0.25, -0.2) is 8.78 Å². The molecule has 0 saturated carbocycles. The summed E-state index contributed by atoms with van der Waals surface area (Å²) >= 11 is 0. The van der Waals surface area contributed by atoms with Crippen LogP contribution in [-0.4, -0.2) is 20.7 Å². The molecule has 122 valence electrons. The van der Waals surface area contributed by atoms with Crippen LogP contribution in [0.3, 0.4) is 0 Å². The van der Waals surface area contributed by atoms with Gasteiger partial charge in [-0.15, -0.1) is 10.2 Å². The van der Waals surface area contributed by atoms with Gasteiger partial charge < -0.3 is 9.88 Å². The van der Waals surface area contributed by atoms with Crippen molar-refractivity contribution in [1.29, 1.82) is 0 Å². The van der Waals surface area contributed by atoms with E-state index in [1.54, 1.807) is 6.92 Å². The van der Waals surface area contributed by atoms with Gasteiger partial charge in [0.2, 0.25) is 0 Å². The van der Waals surface area contributed by atoms with E-state index >= 15 is 0 Å². The molecule has 0 radical (unpaired) electrons. The van der Waals surface area contributed by atoms with Crippen LogP contribution in [0, 0.1) is 11.6 Å². The summed E-state index contributed by atoms with van der Waals surface area (Å²) in [4.78, 5) is 12.2. The number of fused-ring (bicyclic) bond motifs is 1. The first-order chi connectivity index (χ1) is 11.1. The zero-order valence-corrected chi connectivity index (χ0v) is 12.9. The summed E-state index contributed by atoms with van der Waals surface area (Å²) in [6.07, 6.45) is 4.15. The minimum atomic E-state index is -0.880. The van der Waals surface area contributed by atoms with Crippen molar-refractivity contribution in [3.8, 4) is 0 Å². The van der Waals surface area contributed by atoms with Crippen molar-refractivity contribution in [2.24, 2.45) is 0 Å². The lowest BCUT2D eigenvalue weighted by Crippen LogP contribution is -2.29. The number of hydrogen-bond acceptors (Lipinski definition) is 3. The van der Waals surface area contributed by atoms with Gasteiger partial charge in [0.25, 0.3) is 5.91 Å². The van der Waals surface area contributed by atoms with E-state index in [4.69, 9.17) is 0 Å². The summed E-state index contributed by atoms with van der Waals surface area (Å²) in [5, 5.41) is 11.1. The molecule has 0 bridgehead atoms. The Morgan fingerprint density at radius 3 is 2.87 bits per heavy atom. The van der Waals surface area contributed by atoms with Gasteiger partial charge in [0.15, 0.2) is 5.82 Å².